The summed E-state index contributed by atoms with van der Waals surface area (Å²) in [6.45, 7) is 4.81. The van der Waals surface area contributed by atoms with Gasteiger partial charge in [0.1, 0.15) is 11.6 Å². The molecule has 7 heteroatoms. The van der Waals surface area contributed by atoms with E-state index in [2.05, 4.69) is 48.7 Å². The van der Waals surface area contributed by atoms with E-state index >= 15 is 0 Å². The molecule has 2 heterocycles. The van der Waals surface area contributed by atoms with E-state index in [1.54, 1.807) is 24.4 Å². The van der Waals surface area contributed by atoms with Crippen LogP contribution in [0.5, 0.6) is 0 Å². The van der Waals surface area contributed by atoms with Crippen molar-refractivity contribution < 1.29 is 4.79 Å². The maximum absolute atomic E-state index is 12.0. The van der Waals surface area contributed by atoms with Gasteiger partial charge in [-0.2, -0.15) is 0 Å². The van der Waals surface area contributed by atoms with Crippen molar-refractivity contribution in [3.05, 3.63) is 40.1 Å². The fourth-order valence-electron chi connectivity index (χ4n) is 1.59. The van der Waals surface area contributed by atoms with E-state index < -0.39 is 0 Å². The number of nitrogens with one attached hydrogen (secondary N) is 2. The number of aromatic nitrogens is 3. The van der Waals surface area contributed by atoms with Gasteiger partial charge in [0, 0.05) is 17.2 Å². The Morgan fingerprint density at radius 2 is 2.10 bits per heavy atom. The van der Waals surface area contributed by atoms with E-state index in [9.17, 15) is 4.79 Å². The summed E-state index contributed by atoms with van der Waals surface area (Å²) in [7, 11) is 0. The van der Waals surface area contributed by atoms with Crippen molar-refractivity contribution in [3.63, 3.8) is 0 Å². The number of nitrogens with zero attached hydrogens (tertiary/aromatic N) is 3. The van der Waals surface area contributed by atoms with Gasteiger partial charge in [-0.1, -0.05) is 6.92 Å². The van der Waals surface area contributed by atoms with Crippen LogP contribution in [-0.4, -0.2) is 27.6 Å². The minimum atomic E-state index is -0.334. The topological polar surface area (TPSA) is 79.8 Å². The van der Waals surface area contributed by atoms with Gasteiger partial charge in [0.15, 0.2) is 5.69 Å². The Balaban J connectivity index is 2.04. The van der Waals surface area contributed by atoms with E-state index in [-0.39, 0.29) is 11.6 Å². The van der Waals surface area contributed by atoms with Crippen LogP contribution in [0.25, 0.3) is 0 Å². The zero-order valence-corrected chi connectivity index (χ0v) is 13.4. The molecule has 0 aliphatic rings. The van der Waals surface area contributed by atoms with Gasteiger partial charge < -0.3 is 10.6 Å². The highest BCUT2D eigenvalue weighted by Crippen LogP contribution is 2.17. The van der Waals surface area contributed by atoms with Gasteiger partial charge in [0.2, 0.25) is 0 Å². The molecule has 0 radical (unpaired) electrons. The molecule has 21 heavy (non-hydrogen) atoms. The van der Waals surface area contributed by atoms with Crippen LogP contribution in [0.1, 0.15) is 29.4 Å². The first-order valence-corrected chi connectivity index (χ1v) is 7.40. The molecule has 0 fully saturated rings. The summed E-state index contributed by atoms with van der Waals surface area (Å²) in [6, 6.07) is 5.15. The second-order valence-electron chi connectivity index (χ2n) is 4.50. The number of hydrogen-bond donors (Lipinski definition) is 2. The Hall–Kier alpha value is -2.02. The third kappa shape index (κ3) is 4.22. The van der Waals surface area contributed by atoms with Gasteiger partial charge in [0.25, 0.3) is 5.91 Å². The van der Waals surface area contributed by atoms with Crippen LogP contribution in [-0.2, 0) is 0 Å². The molecule has 2 N–H and O–H groups in total. The maximum atomic E-state index is 12.0. The minimum absolute atomic E-state index is 0.249. The van der Waals surface area contributed by atoms with E-state index in [0.717, 1.165) is 23.0 Å². The number of pyridine rings is 1. The fraction of sp³-hybridized carbons (Fsp3) is 0.286. The highest BCUT2D eigenvalue weighted by Gasteiger charge is 2.10. The molecule has 2 aromatic heterocycles. The molecule has 6 nitrogen and oxygen atoms in total. The standard InChI is InChI=1S/C14H16BrN5O/c1-3-6-16-12-5-4-11(19-20-12)14(21)18-13-7-9(2)10(15)8-17-13/h4-5,7-8H,3,6H2,1-2H3,(H,16,20)(H,17,18,21). The van der Waals surface area contributed by atoms with Crippen LogP contribution in [0.4, 0.5) is 11.6 Å². The van der Waals surface area contributed by atoms with Crippen molar-refractivity contribution in [2.24, 2.45) is 0 Å². The Morgan fingerprint density at radius 1 is 1.29 bits per heavy atom. The number of amides is 1. The third-order valence-corrected chi connectivity index (χ3v) is 3.57. The molecule has 0 aromatic carbocycles. The number of rotatable bonds is 5. The molecule has 0 unspecified atom stereocenters. The molecular formula is C14H16BrN5O. The first-order valence-electron chi connectivity index (χ1n) is 6.61. The molecule has 0 saturated heterocycles. The number of carbonyl (C=O) groups is 1. The summed E-state index contributed by atoms with van der Waals surface area (Å²) in [6.07, 6.45) is 2.65. The van der Waals surface area contributed by atoms with E-state index in [1.165, 1.54) is 0 Å². The van der Waals surface area contributed by atoms with Gasteiger partial charge >= 0.3 is 0 Å². The second kappa shape index (κ2) is 7.12. The highest BCUT2D eigenvalue weighted by molar-refractivity contribution is 9.10. The molecule has 0 aliphatic carbocycles. The van der Waals surface area contributed by atoms with Crippen LogP contribution in [0.3, 0.4) is 0 Å². The average Bonchev–Trinajstić information content (AvgIpc) is 2.49. The SMILES string of the molecule is CCCNc1ccc(C(=O)Nc2cc(C)c(Br)cn2)nn1. The van der Waals surface area contributed by atoms with E-state index in [0.29, 0.717) is 11.6 Å². The quantitative estimate of drug-likeness (QED) is 0.867. The second-order valence-corrected chi connectivity index (χ2v) is 5.36. The van der Waals surface area contributed by atoms with Gasteiger partial charge in [0.05, 0.1) is 0 Å². The van der Waals surface area contributed by atoms with Crippen molar-refractivity contribution in [3.8, 4) is 0 Å². The zero-order valence-electron chi connectivity index (χ0n) is 11.9. The maximum Gasteiger partial charge on any atom is 0.277 e. The summed E-state index contributed by atoms with van der Waals surface area (Å²) in [5.74, 6) is 0.806. The first kappa shape index (κ1) is 15.4. The number of anilines is 2. The van der Waals surface area contributed by atoms with Crippen molar-refractivity contribution in [2.75, 3.05) is 17.2 Å². The van der Waals surface area contributed by atoms with Crippen LogP contribution in [0, 0.1) is 6.92 Å². The van der Waals surface area contributed by atoms with Crippen molar-refractivity contribution in [2.45, 2.75) is 20.3 Å². The van der Waals surface area contributed by atoms with Crippen molar-refractivity contribution in [1.29, 1.82) is 0 Å². The van der Waals surface area contributed by atoms with Crippen LogP contribution in [0.15, 0.2) is 28.9 Å². The molecule has 110 valence electrons. The molecule has 1 amide bonds. The van der Waals surface area contributed by atoms with Gasteiger partial charge in [-0.15, -0.1) is 10.2 Å². The van der Waals surface area contributed by atoms with E-state index in [1.807, 2.05) is 6.92 Å². The number of hydrogen-bond acceptors (Lipinski definition) is 5. The number of halogens is 1. The summed E-state index contributed by atoms with van der Waals surface area (Å²) >= 11 is 3.36. The number of aryl methyl sites for hydroxylation is 1. The Bertz CT molecular complexity index is 630. The summed E-state index contributed by atoms with van der Waals surface area (Å²) in [5, 5.41) is 13.7. The predicted octanol–water partition coefficient (Wildman–Crippen LogP) is 3.02. The summed E-state index contributed by atoms with van der Waals surface area (Å²) in [4.78, 5) is 16.2. The molecule has 0 bridgehead atoms. The smallest absolute Gasteiger partial charge is 0.277 e. The minimum Gasteiger partial charge on any atom is -0.369 e. The van der Waals surface area contributed by atoms with Crippen molar-refractivity contribution >= 4 is 33.5 Å². The lowest BCUT2D eigenvalue weighted by atomic mass is 10.3. The molecule has 2 aromatic rings. The first-order chi connectivity index (χ1) is 10.1. The summed E-state index contributed by atoms with van der Waals surface area (Å²) in [5.41, 5.74) is 1.24. The van der Waals surface area contributed by atoms with Gasteiger partial charge in [-0.25, -0.2) is 4.98 Å². The molecule has 0 saturated carbocycles. The molecular weight excluding hydrogens is 334 g/mol. The summed E-state index contributed by atoms with van der Waals surface area (Å²) < 4.78 is 0.895. The molecule has 2 rings (SSSR count). The lowest BCUT2D eigenvalue weighted by molar-refractivity contribution is 0.102. The zero-order chi connectivity index (χ0) is 15.2. The van der Waals surface area contributed by atoms with Gasteiger partial charge in [-0.05, 0) is 53.0 Å². The highest BCUT2D eigenvalue weighted by atomic mass is 79.9. The molecule has 0 aliphatic heterocycles. The molecule has 0 atom stereocenters. The lowest BCUT2D eigenvalue weighted by Crippen LogP contribution is -2.16. The Kier molecular flexibility index (Phi) is 5.21. The number of carbonyl (C=O) groups excluding carboxylic acids is 1. The fourth-order valence-corrected chi connectivity index (χ4v) is 1.81. The normalized spacial score (nSPS) is 10.2. The Morgan fingerprint density at radius 3 is 2.71 bits per heavy atom. The van der Waals surface area contributed by atoms with Crippen LogP contribution in [0.2, 0.25) is 0 Å². The lowest BCUT2D eigenvalue weighted by Gasteiger charge is -2.06. The average molecular weight is 350 g/mol. The monoisotopic (exact) mass is 349 g/mol. The van der Waals surface area contributed by atoms with Crippen LogP contribution < -0.4 is 10.6 Å². The largest absolute Gasteiger partial charge is 0.369 e. The Labute approximate surface area is 131 Å². The third-order valence-electron chi connectivity index (χ3n) is 2.74. The van der Waals surface area contributed by atoms with Gasteiger partial charge in [-0.3, -0.25) is 4.79 Å². The van der Waals surface area contributed by atoms with Crippen LogP contribution >= 0.6 is 15.9 Å². The van der Waals surface area contributed by atoms with E-state index in [4.69, 9.17) is 0 Å². The van der Waals surface area contributed by atoms with Crippen molar-refractivity contribution in [1.82, 2.24) is 15.2 Å². The molecule has 0 spiro atoms. The predicted molar refractivity (Wildman–Crippen MR) is 85.4 cm³/mol.